The van der Waals surface area contributed by atoms with Gasteiger partial charge in [0.2, 0.25) is 0 Å². The van der Waals surface area contributed by atoms with Gasteiger partial charge in [-0.15, -0.1) is 24.0 Å². The van der Waals surface area contributed by atoms with Gasteiger partial charge in [-0.05, 0) is 32.4 Å². The molecule has 114 valence electrons. The van der Waals surface area contributed by atoms with Gasteiger partial charge in [-0.2, -0.15) is 0 Å². The Bertz CT molecular complexity index is 427. The summed E-state index contributed by atoms with van der Waals surface area (Å²) in [6.07, 6.45) is 0.802. The topological polar surface area (TPSA) is 59.6 Å². The number of aliphatic imine (C=N–C) groups is 1. The molecule has 0 fully saturated rings. The first-order chi connectivity index (χ1) is 9.02. The maximum absolute atomic E-state index is 6.06. The van der Waals surface area contributed by atoms with E-state index in [9.17, 15) is 0 Å². The molecule has 1 rings (SSSR count). The van der Waals surface area contributed by atoms with Gasteiger partial charge < -0.3 is 15.8 Å². The number of halogens is 2. The van der Waals surface area contributed by atoms with Crippen LogP contribution in [0.15, 0.2) is 29.3 Å². The number of guanidine groups is 1. The molecule has 3 N–H and O–H groups in total. The summed E-state index contributed by atoms with van der Waals surface area (Å²) in [6, 6.07) is 7.70. The van der Waals surface area contributed by atoms with E-state index in [4.69, 9.17) is 22.1 Å². The van der Waals surface area contributed by atoms with Crippen molar-refractivity contribution in [2.75, 3.05) is 6.54 Å². The lowest BCUT2D eigenvalue weighted by molar-refractivity contribution is 0.206. The number of rotatable bonds is 6. The fourth-order valence-corrected chi connectivity index (χ4v) is 1.69. The van der Waals surface area contributed by atoms with Crippen molar-refractivity contribution < 1.29 is 4.74 Å². The van der Waals surface area contributed by atoms with Crippen LogP contribution in [0.25, 0.3) is 0 Å². The van der Waals surface area contributed by atoms with Gasteiger partial charge in [0.1, 0.15) is 11.9 Å². The maximum atomic E-state index is 6.06. The lowest BCUT2D eigenvalue weighted by Gasteiger charge is -2.17. The Hall–Kier alpha value is -0.690. The molecule has 0 aliphatic rings. The molecule has 4 nitrogen and oxygen atoms in total. The average molecular weight is 412 g/mol. The van der Waals surface area contributed by atoms with Crippen LogP contribution < -0.4 is 15.8 Å². The van der Waals surface area contributed by atoms with Gasteiger partial charge in [0.15, 0.2) is 5.96 Å². The van der Waals surface area contributed by atoms with Gasteiger partial charge in [0.25, 0.3) is 0 Å². The van der Waals surface area contributed by atoms with Crippen LogP contribution in [0.2, 0.25) is 5.02 Å². The second kappa shape index (κ2) is 10.1. The van der Waals surface area contributed by atoms with E-state index in [1.54, 1.807) is 0 Å². The van der Waals surface area contributed by atoms with E-state index in [0.717, 1.165) is 6.42 Å². The molecule has 0 aliphatic carbocycles. The minimum atomic E-state index is -0.0348. The van der Waals surface area contributed by atoms with Crippen molar-refractivity contribution in [3.8, 4) is 5.75 Å². The third-order valence-electron chi connectivity index (χ3n) is 2.49. The van der Waals surface area contributed by atoms with Crippen molar-refractivity contribution in [2.24, 2.45) is 10.7 Å². The molecular formula is C14H23ClIN3O. The average Bonchev–Trinajstić information content (AvgIpc) is 2.35. The fraction of sp³-hybridized carbons (Fsp3) is 0.500. The number of hydrogen-bond acceptors (Lipinski definition) is 2. The minimum Gasteiger partial charge on any atom is -0.487 e. The van der Waals surface area contributed by atoms with Crippen LogP contribution in [0.3, 0.4) is 0 Å². The van der Waals surface area contributed by atoms with Crippen LogP contribution in [-0.4, -0.2) is 24.7 Å². The molecule has 1 aromatic carbocycles. The lowest BCUT2D eigenvalue weighted by atomic mass is 10.2. The van der Waals surface area contributed by atoms with Crippen LogP contribution in [-0.2, 0) is 0 Å². The maximum Gasteiger partial charge on any atom is 0.188 e. The zero-order valence-electron chi connectivity index (χ0n) is 12.1. The van der Waals surface area contributed by atoms with Crippen LogP contribution in [0.4, 0.5) is 0 Å². The van der Waals surface area contributed by atoms with E-state index in [0.29, 0.717) is 23.3 Å². The standard InChI is InChI=1S/C14H22ClN3O.HI/c1-4-11(9-17-14(16)18-10(2)3)19-13-8-6-5-7-12(13)15;/h5-8,10-11H,4,9H2,1-3H3,(H3,16,17,18);1H. The highest BCUT2D eigenvalue weighted by atomic mass is 127. The highest BCUT2D eigenvalue weighted by Crippen LogP contribution is 2.24. The van der Waals surface area contributed by atoms with Crippen LogP contribution in [0.5, 0.6) is 5.75 Å². The number of ether oxygens (including phenoxy) is 1. The Labute approximate surface area is 143 Å². The van der Waals surface area contributed by atoms with E-state index >= 15 is 0 Å². The van der Waals surface area contributed by atoms with E-state index in [-0.39, 0.29) is 36.1 Å². The molecule has 0 bridgehead atoms. The molecule has 20 heavy (non-hydrogen) atoms. The molecule has 0 heterocycles. The Kier molecular flexibility index (Phi) is 9.75. The zero-order chi connectivity index (χ0) is 14.3. The van der Waals surface area contributed by atoms with Gasteiger partial charge in [-0.25, -0.2) is 4.99 Å². The van der Waals surface area contributed by atoms with Crippen molar-refractivity contribution in [1.29, 1.82) is 0 Å². The van der Waals surface area contributed by atoms with Crippen molar-refractivity contribution in [3.63, 3.8) is 0 Å². The molecule has 1 unspecified atom stereocenters. The van der Waals surface area contributed by atoms with Gasteiger partial charge in [-0.1, -0.05) is 30.7 Å². The molecule has 0 amide bonds. The quantitative estimate of drug-likeness (QED) is 0.428. The van der Waals surface area contributed by atoms with Gasteiger partial charge in [-0.3, -0.25) is 0 Å². The summed E-state index contributed by atoms with van der Waals surface area (Å²) >= 11 is 6.06. The lowest BCUT2D eigenvalue weighted by Crippen LogP contribution is -2.37. The molecule has 0 radical (unpaired) electrons. The van der Waals surface area contributed by atoms with E-state index < -0.39 is 0 Å². The van der Waals surface area contributed by atoms with Crippen molar-refractivity contribution in [3.05, 3.63) is 29.3 Å². The molecule has 0 aromatic heterocycles. The first-order valence-corrected chi connectivity index (χ1v) is 6.88. The monoisotopic (exact) mass is 411 g/mol. The first kappa shape index (κ1) is 19.3. The summed E-state index contributed by atoms with van der Waals surface area (Å²) in [4.78, 5) is 4.28. The predicted molar refractivity (Wildman–Crippen MR) is 96.3 cm³/mol. The third kappa shape index (κ3) is 7.19. The number of hydrogen-bond donors (Lipinski definition) is 2. The highest BCUT2D eigenvalue weighted by Gasteiger charge is 2.10. The Morgan fingerprint density at radius 2 is 2.05 bits per heavy atom. The fourth-order valence-electron chi connectivity index (χ4n) is 1.51. The van der Waals surface area contributed by atoms with Crippen LogP contribution in [0.1, 0.15) is 27.2 Å². The second-order valence-corrected chi connectivity index (χ2v) is 5.01. The molecule has 0 spiro atoms. The number of nitrogens with zero attached hydrogens (tertiary/aromatic N) is 1. The SMILES string of the molecule is CCC(CN=C(N)NC(C)C)Oc1ccccc1Cl.I. The van der Waals surface area contributed by atoms with Crippen molar-refractivity contribution in [2.45, 2.75) is 39.3 Å². The third-order valence-corrected chi connectivity index (χ3v) is 2.80. The smallest absolute Gasteiger partial charge is 0.188 e. The first-order valence-electron chi connectivity index (χ1n) is 6.50. The Morgan fingerprint density at radius 1 is 1.40 bits per heavy atom. The molecule has 1 atom stereocenters. The summed E-state index contributed by atoms with van der Waals surface area (Å²) < 4.78 is 5.83. The zero-order valence-corrected chi connectivity index (χ0v) is 15.2. The summed E-state index contributed by atoms with van der Waals surface area (Å²) in [7, 11) is 0. The summed E-state index contributed by atoms with van der Waals surface area (Å²) in [5, 5.41) is 3.65. The normalized spacial score (nSPS) is 12.8. The Balaban J connectivity index is 0.00000361. The van der Waals surface area contributed by atoms with Gasteiger partial charge in [0.05, 0.1) is 11.6 Å². The second-order valence-electron chi connectivity index (χ2n) is 4.60. The highest BCUT2D eigenvalue weighted by molar-refractivity contribution is 14.0. The molecule has 6 heteroatoms. The van der Waals surface area contributed by atoms with Gasteiger partial charge in [0, 0.05) is 6.04 Å². The van der Waals surface area contributed by atoms with Gasteiger partial charge >= 0.3 is 0 Å². The van der Waals surface area contributed by atoms with Crippen molar-refractivity contribution >= 4 is 41.5 Å². The molecule has 1 aromatic rings. The largest absolute Gasteiger partial charge is 0.487 e. The molecule has 0 aliphatic heterocycles. The number of para-hydroxylation sites is 1. The van der Waals surface area contributed by atoms with E-state index in [1.807, 2.05) is 45.0 Å². The molecule has 0 saturated carbocycles. The van der Waals surface area contributed by atoms with E-state index in [1.165, 1.54) is 0 Å². The molecule has 0 saturated heterocycles. The van der Waals surface area contributed by atoms with Crippen LogP contribution in [0, 0.1) is 0 Å². The predicted octanol–water partition coefficient (Wildman–Crippen LogP) is 3.43. The van der Waals surface area contributed by atoms with Crippen LogP contribution >= 0.6 is 35.6 Å². The number of nitrogens with two attached hydrogens (primary N) is 1. The Morgan fingerprint density at radius 3 is 2.60 bits per heavy atom. The summed E-state index contributed by atoms with van der Waals surface area (Å²) in [5.41, 5.74) is 5.76. The van der Waals surface area contributed by atoms with Crippen molar-refractivity contribution in [1.82, 2.24) is 5.32 Å². The number of nitrogens with one attached hydrogen (secondary N) is 1. The summed E-state index contributed by atoms with van der Waals surface area (Å²) in [5.74, 6) is 1.12. The molecular weight excluding hydrogens is 389 g/mol. The number of benzene rings is 1. The van der Waals surface area contributed by atoms with E-state index in [2.05, 4.69) is 10.3 Å². The summed E-state index contributed by atoms with van der Waals surface area (Å²) in [6.45, 7) is 6.58. The minimum absolute atomic E-state index is 0.